The van der Waals surface area contributed by atoms with Gasteiger partial charge in [0.05, 0.1) is 29.9 Å². The van der Waals surface area contributed by atoms with E-state index in [-0.39, 0.29) is 41.7 Å². The molecule has 0 bridgehead atoms. The van der Waals surface area contributed by atoms with Crippen LogP contribution in [0.15, 0.2) is 71.9 Å². The van der Waals surface area contributed by atoms with Gasteiger partial charge < -0.3 is 29.9 Å². The molecular weight excluding hydrogens is 791 g/mol. The van der Waals surface area contributed by atoms with Crippen LogP contribution in [0.25, 0.3) is 10.9 Å². The Morgan fingerprint density at radius 3 is 2.69 bits per heavy atom. The number of amides is 5. The number of carbonyl (C=O) groups excluding carboxylic acids is 5. The van der Waals surface area contributed by atoms with Crippen LogP contribution >= 0.6 is 23.4 Å². The second-order valence-electron chi connectivity index (χ2n) is 13.7. The number of hydrogen-bond acceptors (Lipinski definition) is 12. The second kappa shape index (κ2) is 18.3. The first-order valence-corrected chi connectivity index (χ1v) is 19.9. The number of nitrogens with one attached hydrogen (secondary N) is 3. The van der Waals surface area contributed by atoms with E-state index in [2.05, 4.69) is 30.8 Å². The number of fused-ring (bicyclic) bond motifs is 2. The van der Waals surface area contributed by atoms with E-state index in [1.54, 1.807) is 29.2 Å². The number of rotatable bonds is 14. The molecule has 15 nitrogen and oxygen atoms in total. The van der Waals surface area contributed by atoms with Crippen LogP contribution in [0.5, 0.6) is 5.75 Å². The molecule has 3 aliphatic heterocycles. The van der Waals surface area contributed by atoms with E-state index in [9.17, 15) is 28.4 Å². The Labute approximate surface area is 342 Å². The summed E-state index contributed by atoms with van der Waals surface area (Å²) in [6.45, 7) is 3.43. The number of piperidine rings is 1. The smallest absolute Gasteiger partial charge is 0.255 e. The van der Waals surface area contributed by atoms with Gasteiger partial charge in [0.2, 0.25) is 23.6 Å². The van der Waals surface area contributed by atoms with Crippen molar-refractivity contribution in [1.29, 1.82) is 0 Å². The maximum absolute atomic E-state index is 13.7. The Hall–Kier alpha value is -5.62. The van der Waals surface area contributed by atoms with E-state index < -0.39 is 17.8 Å². The standard InChI is InChI=1S/C40H40ClFN8O7S/c1-56-33-20-30-26(38(44-23-43-30)45-24-7-8-29(42)28(41)18-24)19-31(33)46-35(51)6-3-11-48-12-14-49(15-13-48)37(53)22-57-16-17-58-34-5-2-4-25-27(34)21-50(40(25)55)32-9-10-36(52)47-39(32)54/h2-8,18-20,23,32H,9-17,21-22H2,1H3,(H,46,51)(H,43,44,45)(H,47,52,54)/b6-3+. The van der Waals surface area contributed by atoms with Gasteiger partial charge >= 0.3 is 0 Å². The van der Waals surface area contributed by atoms with Crippen molar-refractivity contribution in [3.63, 3.8) is 0 Å². The van der Waals surface area contributed by atoms with Crippen molar-refractivity contribution in [2.24, 2.45) is 0 Å². The van der Waals surface area contributed by atoms with Crippen LogP contribution < -0.4 is 20.7 Å². The molecule has 1 atom stereocenters. The monoisotopic (exact) mass is 830 g/mol. The number of anilines is 3. The molecule has 1 unspecified atom stereocenters. The summed E-state index contributed by atoms with van der Waals surface area (Å²) in [6.07, 6.45) is 5.10. The molecule has 2 fully saturated rings. The highest BCUT2D eigenvalue weighted by molar-refractivity contribution is 7.99. The van der Waals surface area contributed by atoms with Crippen molar-refractivity contribution in [3.05, 3.63) is 89.0 Å². The van der Waals surface area contributed by atoms with Crippen molar-refractivity contribution in [2.75, 3.05) is 69.4 Å². The SMILES string of the molecule is COc1cc2ncnc(Nc3ccc(F)c(Cl)c3)c2cc1NC(=O)/C=C/CN1CCN(C(=O)COCCSc2cccc3c2CN(C2CCC(=O)NC2=O)C3=O)CC1. The summed E-state index contributed by atoms with van der Waals surface area (Å²) in [4.78, 5) is 77.9. The molecule has 58 heavy (non-hydrogen) atoms. The zero-order valence-electron chi connectivity index (χ0n) is 31.5. The molecule has 3 N–H and O–H groups in total. The predicted molar refractivity (Wildman–Crippen MR) is 216 cm³/mol. The molecule has 0 radical (unpaired) electrons. The lowest BCUT2D eigenvalue weighted by atomic mass is 10.0. The molecule has 3 aromatic carbocycles. The zero-order chi connectivity index (χ0) is 40.8. The van der Waals surface area contributed by atoms with Crippen LogP contribution in [-0.2, 0) is 30.5 Å². The molecular formula is C40H40ClFN8O7S. The molecule has 18 heteroatoms. The Bertz CT molecular complexity index is 2290. The normalized spacial score (nSPS) is 17.2. The first-order valence-electron chi connectivity index (χ1n) is 18.6. The van der Waals surface area contributed by atoms with Crippen LogP contribution in [0.3, 0.4) is 0 Å². The van der Waals surface area contributed by atoms with Crippen LogP contribution in [-0.4, -0.2) is 119 Å². The van der Waals surface area contributed by atoms with Crippen molar-refractivity contribution in [1.82, 2.24) is 30.0 Å². The fraction of sp³-hybridized carbons (Fsp3) is 0.325. The van der Waals surface area contributed by atoms with E-state index in [1.165, 1.54) is 54.4 Å². The quantitative estimate of drug-likeness (QED) is 0.0709. The molecule has 0 saturated carbocycles. The van der Waals surface area contributed by atoms with Gasteiger partial charge in [-0.1, -0.05) is 23.7 Å². The van der Waals surface area contributed by atoms with Gasteiger partial charge in [-0.05, 0) is 48.4 Å². The largest absolute Gasteiger partial charge is 0.494 e. The number of thioether (sulfide) groups is 1. The number of ether oxygens (including phenoxy) is 2. The average Bonchev–Trinajstić information content (AvgIpc) is 3.55. The average molecular weight is 831 g/mol. The minimum atomic E-state index is -0.671. The second-order valence-corrected chi connectivity index (χ2v) is 15.2. The maximum Gasteiger partial charge on any atom is 0.255 e. The van der Waals surface area contributed by atoms with E-state index in [0.717, 1.165) is 10.5 Å². The van der Waals surface area contributed by atoms with Crippen LogP contribution in [0.1, 0.15) is 28.8 Å². The number of methoxy groups -OCH3 is 1. The lowest BCUT2D eigenvalue weighted by Gasteiger charge is -2.34. The van der Waals surface area contributed by atoms with Gasteiger partial charge in [0.1, 0.15) is 36.4 Å². The molecule has 7 rings (SSSR count). The van der Waals surface area contributed by atoms with Gasteiger partial charge in [-0.25, -0.2) is 14.4 Å². The van der Waals surface area contributed by atoms with Crippen molar-refractivity contribution >= 4 is 81.0 Å². The summed E-state index contributed by atoms with van der Waals surface area (Å²) in [5, 5.41) is 8.86. The Balaban J connectivity index is 0.830. The number of imide groups is 1. The van der Waals surface area contributed by atoms with Gasteiger partial charge in [-0.15, -0.1) is 11.8 Å². The lowest BCUT2D eigenvalue weighted by Crippen LogP contribution is -2.52. The predicted octanol–water partition coefficient (Wildman–Crippen LogP) is 4.38. The van der Waals surface area contributed by atoms with Crippen molar-refractivity contribution in [2.45, 2.75) is 30.3 Å². The van der Waals surface area contributed by atoms with Gasteiger partial charge in [-0.2, -0.15) is 0 Å². The van der Waals surface area contributed by atoms with Crippen LogP contribution in [0, 0.1) is 5.82 Å². The Morgan fingerprint density at radius 1 is 1.09 bits per heavy atom. The lowest BCUT2D eigenvalue weighted by molar-refractivity contribution is -0.138. The first-order chi connectivity index (χ1) is 28.1. The number of carbonyl (C=O) groups is 5. The van der Waals surface area contributed by atoms with Gasteiger partial charge in [0.15, 0.2) is 0 Å². The summed E-state index contributed by atoms with van der Waals surface area (Å²) in [5.74, 6) is -0.580. The zero-order valence-corrected chi connectivity index (χ0v) is 33.0. The highest BCUT2D eigenvalue weighted by atomic mass is 35.5. The van der Waals surface area contributed by atoms with E-state index in [4.69, 9.17) is 21.1 Å². The van der Waals surface area contributed by atoms with E-state index in [1.807, 2.05) is 12.1 Å². The van der Waals surface area contributed by atoms with Gasteiger partial charge in [0.25, 0.3) is 5.91 Å². The summed E-state index contributed by atoms with van der Waals surface area (Å²) >= 11 is 7.47. The molecule has 0 aliphatic carbocycles. The van der Waals surface area contributed by atoms with Gasteiger partial charge in [0, 0.05) is 85.1 Å². The third-order valence-corrected chi connectivity index (χ3v) is 11.4. The maximum atomic E-state index is 13.7. The Morgan fingerprint density at radius 2 is 1.91 bits per heavy atom. The van der Waals surface area contributed by atoms with E-state index in [0.29, 0.717) is 97.5 Å². The molecule has 3 aliphatic rings. The van der Waals surface area contributed by atoms with Crippen LogP contribution in [0.4, 0.5) is 21.6 Å². The number of aromatic nitrogens is 2. The minimum Gasteiger partial charge on any atom is -0.494 e. The van der Waals surface area contributed by atoms with Gasteiger partial charge in [-0.3, -0.25) is 34.2 Å². The highest BCUT2D eigenvalue weighted by Crippen LogP contribution is 2.35. The molecule has 2 saturated heterocycles. The number of halogens is 2. The molecule has 4 heterocycles. The molecule has 5 amide bonds. The Kier molecular flexibility index (Phi) is 12.8. The summed E-state index contributed by atoms with van der Waals surface area (Å²) in [6, 6.07) is 12.4. The number of piperazine rings is 1. The first kappa shape index (κ1) is 40.6. The minimum absolute atomic E-state index is 0.0360. The summed E-state index contributed by atoms with van der Waals surface area (Å²) in [5.41, 5.74) is 2.91. The molecule has 1 aromatic heterocycles. The summed E-state index contributed by atoms with van der Waals surface area (Å²) < 4.78 is 24.9. The van der Waals surface area contributed by atoms with Crippen molar-refractivity contribution < 1.29 is 37.8 Å². The molecule has 4 aromatic rings. The fourth-order valence-electron chi connectivity index (χ4n) is 6.98. The third kappa shape index (κ3) is 9.39. The topological polar surface area (TPSA) is 175 Å². The van der Waals surface area contributed by atoms with Crippen LogP contribution in [0.2, 0.25) is 5.02 Å². The fourth-order valence-corrected chi connectivity index (χ4v) is 8.10. The summed E-state index contributed by atoms with van der Waals surface area (Å²) in [7, 11) is 1.49. The number of benzene rings is 3. The highest BCUT2D eigenvalue weighted by Gasteiger charge is 2.39. The third-order valence-electron chi connectivity index (χ3n) is 10.0. The molecule has 302 valence electrons. The number of hydrogen-bond donors (Lipinski definition) is 3. The van der Waals surface area contributed by atoms with E-state index >= 15 is 0 Å². The molecule has 0 spiro atoms. The van der Waals surface area contributed by atoms with Crippen molar-refractivity contribution in [3.8, 4) is 5.75 Å². The number of nitrogens with zero attached hydrogens (tertiary/aromatic N) is 5.